The molecule has 0 heterocycles. The van der Waals surface area contributed by atoms with Gasteiger partial charge in [0.2, 0.25) is 0 Å². The zero-order valence-electron chi connectivity index (χ0n) is 16.3. The first kappa shape index (κ1) is 33.4. The second kappa shape index (κ2) is 15.9. The van der Waals surface area contributed by atoms with Gasteiger partial charge < -0.3 is 15.1 Å². The van der Waals surface area contributed by atoms with Crippen LogP contribution in [0.2, 0.25) is 0 Å². The van der Waals surface area contributed by atoms with Gasteiger partial charge in [0.05, 0.1) is 0 Å². The molecule has 2 rings (SSSR count). The van der Waals surface area contributed by atoms with Crippen LogP contribution in [0.5, 0.6) is 0 Å². The number of hydrogen-bond donors (Lipinski definition) is 4. The van der Waals surface area contributed by atoms with Crippen LogP contribution in [0.25, 0.3) is 0 Å². The normalized spacial score (nSPS) is 12.0. The summed E-state index contributed by atoms with van der Waals surface area (Å²) in [5, 5.41) is 3.23. The molecule has 1 unspecified atom stereocenters. The largest absolute Gasteiger partial charge is 0.356 e. The van der Waals surface area contributed by atoms with Gasteiger partial charge in [-0.25, -0.2) is 0 Å². The third-order valence-electron chi connectivity index (χ3n) is 3.62. The van der Waals surface area contributed by atoms with E-state index in [2.05, 4.69) is 5.32 Å². The number of nitrogens with one attached hydrogen (secondary N) is 1. The summed E-state index contributed by atoms with van der Waals surface area (Å²) in [6.45, 7) is 0. The zero-order chi connectivity index (χ0) is 18.5. The molecule has 0 aliphatic rings. The Bertz CT molecular complexity index is 864. The van der Waals surface area contributed by atoms with Gasteiger partial charge in [0, 0.05) is 166 Å². The fourth-order valence-corrected chi connectivity index (χ4v) is 4.84. The van der Waals surface area contributed by atoms with Crippen LogP contribution >= 0.6 is 7.60 Å². The third kappa shape index (κ3) is 12.4. The van der Waals surface area contributed by atoms with E-state index in [9.17, 15) is 13.0 Å². The maximum absolute atomic E-state index is 11.2. The van der Waals surface area contributed by atoms with Gasteiger partial charge in [0.25, 0.3) is 10.1 Å². The summed E-state index contributed by atoms with van der Waals surface area (Å²) in [6, 6.07) is 17.0. The first-order valence-corrected chi connectivity index (χ1v) is 10.8. The van der Waals surface area contributed by atoms with Crippen LogP contribution in [0.3, 0.4) is 0 Å². The van der Waals surface area contributed by atoms with Crippen LogP contribution < -0.4 is 5.32 Å². The molecule has 12 heteroatoms. The van der Waals surface area contributed by atoms with E-state index in [4.69, 9.17) is 14.3 Å². The summed E-state index contributed by atoms with van der Waals surface area (Å²) in [5.41, 5.74) is 2.67. The minimum absolute atomic E-state index is 0. The number of rotatable bonds is 8. The molecule has 2 aromatic carbocycles. The van der Waals surface area contributed by atoms with Crippen molar-refractivity contribution in [3.8, 4) is 0 Å². The van der Waals surface area contributed by atoms with Crippen molar-refractivity contribution < 1.29 is 27.3 Å². The smallest absolute Gasteiger partial charge is 0.346 e. The summed E-state index contributed by atoms with van der Waals surface area (Å²) in [4.78, 5) is 16.1. The van der Waals surface area contributed by atoms with Gasteiger partial charge in [0.1, 0.15) is 0 Å². The van der Waals surface area contributed by atoms with Crippen LogP contribution in [-0.2, 0) is 21.1 Å². The van der Waals surface area contributed by atoms with E-state index in [0.717, 1.165) is 16.9 Å². The Kier molecular flexibility index (Phi) is 19.0. The molecule has 28 heavy (non-hydrogen) atoms. The molecule has 139 valence electrons. The van der Waals surface area contributed by atoms with Crippen molar-refractivity contribution in [3.63, 3.8) is 0 Å². The SMILES string of the molecule is O=P(O)(O)C(CCCc1cccc(Nc2ccccc2)c1)S(=O)(=O)O.[K].[K].[K]. The van der Waals surface area contributed by atoms with Gasteiger partial charge >= 0.3 is 7.60 Å². The van der Waals surface area contributed by atoms with E-state index in [-0.39, 0.29) is 167 Å². The van der Waals surface area contributed by atoms with Crippen molar-refractivity contribution in [2.45, 2.75) is 24.3 Å². The van der Waals surface area contributed by atoms with Crippen molar-refractivity contribution in [2.75, 3.05) is 5.32 Å². The maximum atomic E-state index is 11.2. The van der Waals surface area contributed by atoms with Gasteiger partial charge in [-0.05, 0) is 49.1 Å². The molecule has 0 aromatic heterocycles. The Morgan fingerprint density at radius 3 is 2.04 bits per heavy atom. The van der Waals surface area contributed by atoms with E-state index >= 15 is 0 Å². The standard InChI is InChI=1S/C16H20NO6PS.3K/c18-24(19,20)16(25(21,22)23)11-5-7-13-6-4-10-15(12-13)17-14-8-2-1-3-9-14;;;/h1-4,6,8-10,12,16-17H,5,7,11H2,(H2,18,19,20)(H,21,22,23);;;. The quantitative estimate of drug-likeness (QED) is 0.247. The molecule has 7 nitrogen and oxygen atoms in total. The fraction of sp³-hybridized carbons (Fsp3) is 0.250. The molecule has 0 fully saturated rings. The predicted molar refractivity (Wildman–Crippen MR) is 114 cm³/mol. The molecule has 0 spiro atoms. The van der Waals surface area contributed by atoms with Gasteiger partial charge in [-0.15, -0.1) is 0 Å². The van der Waals surface area contributed by atoms with Crippen LogP contribution in [0.15, 0.2) is 54.6 Å². The molecule has 2 aromatic rings. The minimum atomic E-state index is -4.92. The summed E-state index contributed by atoms with van der Waals surface area (Å²) in [6.07, 6.45) is 0.320. The molecule has 0 aliphatic heterocycles. The van der Waals surface area contributed by atoms with Crippen LogP contribution in [0.1, 0.15) is 18.4 Å². The number of aryl methyl sites for hydroxylation is 1. The Hall–Kier alpha value is 3.21. The summed E-state index contributed by atoms with van der Waals surface area (Å²) < 4.78 is 42.5. The predicted octanol–water partition coefficient (Wildman–Crippen LogP) is 2.00. The van der Waals surface area contributed by atoms with Crippen molar-refractivity contribution in [3.05, 3.63) is 60.2 Å². The van der Waals surface area contributed by atoms with E-state index in [1.165, 1.54) is 0 Å². The minimum Gasteiger partial charge on any atom is -0.356 e. The summed E-state index contributed by atoms with van der Waals surface area (Å²) in [7, 11) is -9.73. The first-order chi connectivity index (χ1) is 11.7. The second-order valence-corrected chi connectivity index (χ2v) is 9.39. The Balaban J connectivity index is 0. The van der Waals surface area contributed by atoms with Crippen molar-refractivity contribution in [2.24, 2.45) is 0 Å². The molecule has 0 amide bonds. The Labute approximate surface area is 293 Å². The number of para-hydroxylation sites is 1. The molecular formula is C16H20K3NO6PS. The van der Waals surface area contributed by atoms with Gasteiger partial charge in [-0.2, -0.15) is 8.42 Å². The average molecular weight is 503 g/mol. The number of benzene rings is 2. The summed E-state index contributed by atoms with van der Waals surface area (Å²) in [5.74, 6) is 0. The summed E-state index contributed by atoms with van der Waals surface area (Å²) >= 11 is 0. The monoisotopic (exact) mass is 502 g/mol. The second-order valence-electron chi connectivity index (χ2n) is 5.64. The maximum Gasteiger partial charge on any atom is 0.346 e. The molecule has 3 radical (unpaired) electrons. The van der Waals surface area contributed by atoms with E-state index in [1.807, 2.05) is 54.6 Å². The number of hydrogen-bond acceptors (Lipinski definition) is 4. The Morgan fingerprint density at radius 1 is 0.929 bits per heavy atom. The van der Waals surface area contributed by atoms with Crippen molar-refractivity contribution >= 4 is 183 Å². The van der Waals surface area contributed by atoms with E-state index < -0.39 is 22.7 Å². The van der Waals surface area contributed by atoms with Crippen LogP contribution in [-0.4, -0.2) is 182 Å². The molecule has 0 saturated heterocycles. The van der Waals surface area contributed by atoms with Crippen molar-refractivity contribution in [1.82, 2.24) is 0 Å². The van der Waals surface area contributed by atoms with E-state index in [1.54, 1.807) is 0 Å². The molecule has 4 N–H and O–H groups in total. The number of anilines is 2. The average Bonchev–Trinajstić information content (AvgIpc) is 2.50. The van der Waals surface area contributed by atoms with Gasteiger partial charge in [-0.1, -0.05) is 30.3 Å². The zero-order valence-corrected chi connectivity index (χ0v) is 27.4. The van der Waals surface area contributed by atoms with Crippen LogP contribution in [0.4, 0.5) is 11.4 Å². The molecule has 1 atom stereocenters. The van der Waals surface area contributed by atoms with Gasteiger partial charge in [-0.3, -0.25) is 9.12 Å². The van der Waals surface area contributed by atoms with Crippen molar-refractivity contribution in [1.29, 1.82) is 0 Å². The van der Waals surface area contributed by atoms with E-state index in [0.29, 0.717) is 6.42 Å². The molecule has 0 saturated carbocycles. The molecule has 0 bridgehead atoms. The molecular weight excluding hydrogens is 483 g/mol. The van der Waals surface area contributed by atoms with Crippen LogP contribution in [0, 0.1) is 0 Å². The fourth-order valence-electron chi connectivity index (χ4n) is 2.46. The topological polar surface area (TPSA) is 124 Å². The Morgan fingerprint density at radius 2 is 1.50 bits per heavy atom. The van der Waals surface area contributed by atoms with Gasteiger partial charge in [0.15, 0.2) is 4.99 Å². The molecule has 0 aliphatic carbocycles. The third-order valence-corrected chi connectivity index (χ3v) is 7.18. The first-order valence-electron chi connectivity index (χ1n) is 7.59.